The summed E-state index contributed by atoms with van der Waals surface area (Å²) in [6.45, 7) is 0. The summed E-state index contributed by atoms with van der Waals surface area (Å²) in [6.07, 6.45) is -4.76. The van der Waals surface area contributed by atoms with Gasteiger partial charge in [-0.25, -0.2) is 8.42 Å². The number of oxime groups is 1. The van der Waals surface area contributed by atoms with Crippen molar-refractivity contribution in [3.05, 3.63) is 29.8 Å². The van der Waals surface area contributed by atoms with Crippen molar-refractivity contribution in [3.63, 3.8) is 0 Å². The second-order valence-corrected chi connectivity index (χ2v) is 4.18. The standard InChI is InChI=1S/C10H10F3NO4S/c1-17-8-4-2-7(3-5-8)9(10(11,12)13)14-18-6-19(15)16/h2-5,19H,6H2,1H3. The van der Waals surface area contributed by atoms with Crippen molar-refractivity contribution in [1.29, 1.82) is 0 Å². The molecule has 1 aromatic rings. The van der Waals surface area contributed by atoms with Crippen molar-refractivity contribution < 1.29 is 31.2 Å². The second kappa shape index (κ2) is 6.41. The summed E-state index contributed by atoms with van der Waals surface area (Å²) in [7, 11) is -1.58. The van der Waals surface area contributed by atoms with Gasteiger partial charge in [0.25, 0.3) is 0 Å². The number of nitrogens with zero attached hydrogens (tertiary/aromatic N) is 1. The monoisotopic (exact) mass is 297 g/mol. The Hall–Kier alpha value is -1.77. The topological polar surface area (TPSA) is 65.0 Å². The lowest BCUT2D eigenvalue weighted by Gasteiger charge is -2.10. The number of halogens is 3. The van der Waals surface area contributed by atoms with Gasteiger partial charge in [-0.3, -0.25) is 0 Å². The first-order valence-electron chi connectivity index (χ1n) is 4.88. The van der Waals surface area contributed by atoms with E-state index in [4.69, 9.17) is 4.74 Å². The van der Waals surface area contributed by atoms with E-state index in [1.54, 1.807) is 0 Å². The van der Waals surface area contributed by atoms with Crippen LogP contribution in [-0.4, -0.2) is 33.4 Å². The number of methoxy groups -OCH3 is 1. The van der Waals surface area contributed by atoms with Gasteiger partial charge in [-0.2, -0.15) is 13.2 Å². The molecule has 0 aromatic heterocycles. The van der Waals surface area contributed by atoms with E-state index < -0.39 is 28.5 Å². The van der Waals surface area contributed by atoms with Crippen molar-refractivity contribution in [3.8, 4) is 5.75 Å². The van der Waals surface area contributed by atoms with E-state index in [0.717, 1.165) is 12.1 Å². The van der Waals surface area contributed by atoms with Gasteiger partial charge < -0.3 is 9.57 Å². The van der Waals surface area contributed by atoms with Crippen molar-refractivity contribution >= 4 is 16.4 Å². The fraction of sp³-hybridized carbons (Fsp3) is 0.300. The zero-order valence-electron chi connectivity index (χ0n) is 9.68. The van der Waals surface area contributed by atoms with E-state index in [2.05, 4.69) is 9.99 Å². The van der Waals surface area contributed by atoms with Crippen LogP contribution in [0.15, 0.2) is 29.4 Å². The van der Waals surface area contributed by atoms with Gasteiger partial charge in [0.15, 0.2) is 16.4 Å². The maximum absolute atomic E-state index is 12.7. The normalized spacial score (nSPS) is 12.6. The zero-order chi connectivity index (χ0) is 14.5. The number of ether oxygens (including phenoxy) is 1. The minimum Gasteiger partial charge on any atom is -0.497 e. The molecule has 0 heterocycles. The average Bonchev–Trinajstić information content (AvgIpc) is 2.33. The Balaban J connectivity index is 3.02. The van der Waals surface area contributed by atoms with Gasteiger partial charge in [-0.05, 0) is 24.3 Å². The van der Waals surface area contributed by atoms with Crippen molar-refractivity contribution in [1.82, 2.24) is 0 Å². The molecule has 5 nitrogen and oxygen atoms in total. The third-order valence-corrected chi connectivity index (χ3v) is 2.28. The fourth-order valence-corrected chi connectivity index (χ4v) is 1.31. The third-order valence-electron chi connectivity index (χ3n) is 1.95. The van der Waals surface area contributed by atoms with Crippen LogP contribution < -0.4 is 4.74 Å². The number of benzene rings is 1. The van der Waals surface area contributed by atoms with Crippen LogP contribution in [0.5, 0.6) is 5.75 Å². The molecule has 0 N–H and O–H groups in total. The molecule has 0 aliphatic heterocycles. The number of alkyl halides is 3. The highest BCUT2D eigenvalue weighted by atomic mass is 32.2. The highest BCUT2D eigenvalue weighted by Crippen LogP contribution is 2.24. The first kappa shape index (κ1) is 15.3. The fourth-order valence-electron chi connectivity index (χ4n) is 1.16. The molecule has 0 atom stereocenters. The molecule has 0 fully saturated rings. The molecule has 19 heavy (non-hydrogen) atoms. The molecule has 0 bridgehead atoms. The molecule has 1 rings (SSSR count). The quantitative estimate of drug-likeness (QED) is 0.509. The van der Waals surface area contributed by atoms with Crippen LogP contribution in [0.3, 0.4) is 0 Å². The minimum absolute atomic E-state index is 0.255. The summed E-state index contributed by atoms with van der Waals surface area (Å²) >= 11 is 0. The van der Waals surface area contributed by atoms with Crippen LogP contribution in [0.4, 0.5) is 13.2 Å². The molecule has 0 radical (unpaired) electrons. The first-order chi connectivity index (χ1) is 8.84. The number of rotatable bonds is 5. The lowest BCUT2D eigenvalue weighted by molar-refractivity contribution is -0.0610. The summed E-state index contributed by atoms with van der Waals surface area (Å²) in [4.78, 5) is 4.14. The smallest absolute Gasteiger partial charge is 0.437 e. The molecular formula is C10H10F3NO4S. The van der Waals surface area contributed by atoms with E-state index in [0.29, 0.717) is 5.75 Å². The van der Waals surface area contributed by atoms with Crippen LogP contribution in [0, 0.1) is 0 Å². The summed E-state index contributed by atoms with van der Waals surface area (Å²) in [5, 5.41) is 2.83. The number of thiol groups is 1. The molecule has 0 aliphatic rings. The van der Waals surface area contributed by atoms with Gasteiger partial charge in [-0.15, -0.1) is 0 Å². The van der Waals surface area contributed by atoms with E-state index in [-0.39, 0.29) is 5.56 Å². The zero-order valence-corrected chi connectivity index (χ0v) is 10.6. The van der Waals surface area contributed by atoms with Gasteiger partial charge in [-0.1, -0.05) is 5.16 Å². The Morgan fingerprint density at radius 3 is 2.26 bits per heavy atom. The van der Waals surface area contributed by atoms with Crippen LogP contribution in [0.2, 0.25) is 0 Å². The van der Waals surface area contributed by atoms with Gasteiger partial charge in [0, 0.05) is 5.56 Å². The van der Waals surface area contributed by atoms with Crippen molar-refractivity contribution in [2.45, 2.75) is 6.18 Å². The Kier molecular flexibility index (Phi) is 5.16. The van der Waals surface area contributed by atoms with Crippen LogP contribution in [-0.2, 0) is 15.5 Å². The molecule has 0 aliphatic carbocycles. The van der Waals surface area contributed by atoms with Gasteiger partial charge >= 0.3 is 6.18 Å². The molecule has 0 spiro atoms. The predicted molar refractivity (Wildman–Crippen MR) is 61.9 cm³/mol. The largest absolute Gasteiger partial charge is 0.497 e. The Bertz CT molecular complexity index is 515. The van der Waals surface area contributed by atoms with Crippen LogP contribution in [0.1, 0.15) is 5.56 Å². The average molecular weight is 297 g/mol. The number of hydrogen-bond acceptors (Lipinski definition) is 5. The summed E-state index contributed by atoms with van der Waals surface area (Å²) in [5.41, 5.74) is -1.57. The van der Waals surface area contributed by atoms with Gasteiger partial charge in [0.05, 0.1) is 7.11 Å². The van der Waals surface area contributed by atoms with Gasteiger partial charge in [0.2, 0.25) is 5.94 Å². The predicted octanol–water partition coefficient (Wildman–Crippen LogP) is 1.55. The Morgan fingerprint density at radius 2 is 1.84 bits per heavy atom. The second-order valence-electron chi connectivity index (χ2n) is 3.26. The minimum atomic E-state index is -4.76. The van der Waals surface area contributed by atoms with Crippen LogP contribution >= 0.6 is 0 Å². The molecule has 106 valence electrons. The van der Waals surface area contributed by atoms with E-state index >= 15 is 0 Å². The van der Waals surface area contributed by atoms with E-state index in [1.807, 2.05) is 0 Å². The summed E-state index contributed by atoms with van der Waals surface area (Å²) in [6, 6.07) is 4.94. The highest BCUT2D eigenvalue weighted by molar-refractivity contribution is 7.72. The van der Waals surface area contributed by atoms with E-state index in [1.165, 1.54) is 19.2 Å². The summed E-state index contributed by atoms with van der Waals surface area (Å²) in [5.74, 6) is -0.528. The maximum Gasteiger partial charge on any atom is 0.437 e. The molecule has 0 saturated heterocycles. The Morgan fingerprint density at radius 1 is 1.26 bits per heavy atom. The molecule has 0 amide bonds. The SMILES string of the molecule is COc1ccc(C(=NOC[SH](=O)=O)C(F)(F)F)cc1. The van der Waals surface area contributed by atoms with Crippen molar-refractivity contribution in [2.75, 3.05) is 13.0 Å². The van der Waals surface area contributed by atoms with Crippen molar-refractivity contribution in [2.24, 2.45) is 5.16 Å². The molecule has 9 heteroatoms. The highest BCUT2D eigenvalue weighted by Gasteiger charge is 2.37. The first-order valence-corrected chi connectivity index (χ1v) is 6.24. The molecule has 0 unspecified atom stereocenters. The molecule has 0 saturated carbocycles. The summed E-state index contributed by atoms with van der Waals surface area (Å²) < 4.78 is 63.4. The van der Waals surface area contributed by atoms with Gasteiger partial charge in [0.1, 0.15) is 5.75 Å². The molecular weight excluding hydrogens is 287 g/mol. The molecule has 1 aromatic carbocycles. The maximum atomic E-state index is 12.7. The van der Waals surface area contributed by atoms with Crippen LogP contribution in [0.25, 0.3) is 0 Å². The number of hydrogen-bond donors (Lipinski definition) is 1. The lowest BCUT2D eigenvalue weighted by atomic mass is 10.1. The lowest BCUT2D eigenvalue weighted by Crippen LogP contribution is -2.24. The van der Waals surface area contributed by atoms with E-state index in [9.17, 15) is 21.6 Å². The Labute approximate surface area is 108 Å². The third kappa shape index (κ3) is 4.78.